The van der Waals surface area contributed by atoms with Crippen molar-refractivity contribution in [2.75, 3.05) is 6.54 Å². The van der Waals surface area contributed by atoms with E-state index in [0.29, 0.717) is 12.8 Å². The Morgan fingerprint density at radius 1 is 1.21 bits per heavy atom. The first-order chi connectivity index (χ1) is 11.6. The van der Waals surface area contributed by atoms with Crippen LogP contribution in [0.25, 0.3) is 6.08 Å². The van der Waals surface area contributed by atoms with E-state index in [0.717, 1.165) is 32.2 Å². The van der Waals surface area contributed by atoms with Crippen LogP contribution in [0, 0.1) is 0 Å². The standard InChI is InChI=1S/C18H23NO4S/c20-17(15-9-10-16(23-15)18(21)22)19-11-3-1-2-5-13(19)7-8-14-6-4-12-24-14/h4,6-8,12-13,15-16H,1-3,5,9-11H2,(H,21,22)/b8-7+/t13?,15-,16+/m0/s1. The van der Waals surface area contributed by atoms with Gasteiger partial charge in [-0.25, -0.2) is 4.79 Å². The van der Waals surface area contributed by atoms with Crippen molar-refractivity contribution >= 4 is 29.3 Å². The average Bonchev–Trinajstić information content (AvgIpc) is 3.21. The minimum atomic E-state index is -0.977. The van der Waals surface area contributed by atoms with E-state index in [1.54, 1.807) is 11.3 Å². The maximum atomic E-state index is 12.9. The Labute approximate surface area is 145 Å². The van der Waals surface area contributed by atoms with Crippen LogP contribution >= 0.6 is 11.3 Å². The van der Waals surface area contributed by atoms with Gasteiger partial charge >= 0.3 is 5.97 Å². The molecule has 1 amide bonds. The van der Waals surface area contributed by atoms with Gasteiger partial charge in [0.05, 0.1) is 6.04 Å². The number of ether oxygens (including phenoxy) is 1. The molecule has 0 spiro atoms. The van der Waals surface area contributed by atoms with Gasteiger partial charge in [-0.2, -0.15) is 0 Å². The van der Waals surface area contributed by atoms with Gasteiger partial charge in [-0.3, -0.25) is 4.79 Å². The van der Waals surface area contributed by atoms with Gasteiger partial charge in [0.15, 0.2) is 6.10 Å². The highest BCUT2D eigenvalue weighted by Gasteiger charge is 2.38. The SMILES string of the molecule is O=C(O)[C@H]1CC[C@@H](C(=O)N2CCCCCC2/C=C/c2cccs2)O1. The fraction of sp³-hybridized carbons (Fsp3) is 0.556. The average molecular weight is 349 g/mol. The smallest absolute Gasteiger partial charge is 0.332 e. The van der Waals surface area contributed by atoms with E-state index in [1.165, 1.54) is 4.88 Å². The molecule has 1 aromatic heterocycles. The summed E-state index contributed by atoms with van der Waals surface area (Å²) in [7, 11) is 0. The van der Waals surface area contributed by atoms with Crippen LogP contribution in [0.1, 0.15) is 43.4 Å². The van der Waals surface area contributed by atoms with Gasteiger partial charge in [0.2, 0.25) is 0 Å². The summed E-state index contributed by atoms with van der Waals surface area (Å²) < 4.78 is 5.46. The number of carboxylic acid groups (broad SMARTS) is 1. The molecule has 0 radical (unpaired) electrons. The highest BCUT2D eigenvalue weighted by molar-refractivity contribution is 7.10. The fourth-order valence-corrected chi connectivity index (χ4v) is 4.01. The third kappa shape index (κ3) is 4.05. The number of nitrogens with zero attached hydrogens (tertiary/aromatic N) is 1. The maximum absolute atomic E-state index is 12.9. The molecule has 3 rings (SSSR count). The summed E-state index contributed by atoms with van der Waals surface area (Å²) in [4.78, 5) is 27.0. The lowest BCUT2D eigenvalue weighted by Gasteiger charge is -2.30. The van der Waals surface area contributed by atoms with E-state index in [9.17, 15) is 9.59 Å². The number of likely N-dealkylation sites (tertiary alicyclic amines) is 1. The zero-order valence-electron chi connectivity index (χ0n) is 13.6. The minimum absolute atomic E-state index is 0.0542. The number of rotatable bonds is 4. The minimum Gasteiger partial charge on any atom is -0.479 e. The van der Waals surface area contributed by atoms with Crippen LogP contribution in [0.4, 0.5) is 0 Å². The number of carboxylic acids is 1. The predicted octanol–water partition coefficient (Wildman–Crippen LogP) is 3.16. The lowest BCUT2D eigenvalue weighted by molar-refractivity contribution is -0.155. The van der Waals surface area contributed by atoms with Gasteiger partial charge in [-0.15, -0.1) is 11.3 Å². The van der Waals surface area contributed by atoms with Gasteiger partial charge < -0.3 is 14.7 Å². The third-order valence-corrected chi connectivity index (χ3v) is 5.52. The van der Waals surface area contributed by atoms with E-state index >= 15 is 0 Å². The van der Waals surface area contributed by atoms with E-state index in [1.807, 2.05) is 16.3 Å². The van der Waals surface area contributed by atoms with Crippen LogP contribution in [-0.2, 0) is 14.3 Å². The summed E-state index contributed by atoms with van der Waals surface area (Å²) in [5, 5.41) is 11.1. The van der Waals surface area contributed by atoms with Crippen LogP contribution in [0.3, 0.4) is 0 Å². The van der Waals surface area contributed by atoms with Crippen molar-refractivity contribution in [3.8, 4) is 0 Å². The Balaban J connectivity index is 1.70. The first-order valence-electron chi connectivity index (χ1n) is 8.55. The first kappa shape index (κ1) is 17.2. The first-order valence-corrected chi connectivity index (χ1v) is 9.43. The predicted molar refractivity (Wildman–Crippen MR) is 92.9 cm³/mol. The molecule has 24 heavy (non-hydrogen) atoms. The van der Waals surface area contributed by atoms with Crippen LogP contribution in [0.2, 0.25) is 0 Å². The van der Waals surface area contributed by atoms with Crippen LogP contribution in [0.5, 0.6) is 0 Å². The van der Waals surface area contributed by atoms with Crippen molar-refractivity contribution < 1.29 is 19.4 Å². The number of carbonyl (C=O) groups excluding carboxylic acids is 1. The van der Waals surface area contributed by atoms with Gasteiger partial charge in [-0.05, 0) is 43.2 Å². The molecule has 2 saturated heterocycles. The molecule has 0 saturated carbocycles. The summed E-state index contributed by atoms with van der Waals surface area (Å²) in [6, 6.07) is 4.13. The van der Waals surface area contributed by atoms with Crippen molar-refractivity contribution in [2.24, 2.45) is 0 Å². The molecule has 1 aromatic rings. The highest BCUT2D eigenvalue weighted by Crippen LogP contribution is 2.26. The van der Waals surface area contributed by atoms with Gasteiger partial charge in [0, 0.05) is 11.4 Å². The van der Waals surface area contributed by atoms with Crippen LogP contribution in [0.15, 0.2) is 23.6 Å². The monoisotopic (exact) mass is 349 g/mol. The van der Waals surface area contributed by atoms with Crippen molar-refractivity contribution in [2.45, 2.75) is 56.8 Å². The van der Waals surface area contributed by atoms with Gasteiger partial charge in [-0.1, -0.05) is 25.0 Å². The number of hydrogen-bond donors (Lipinski definition) is 1. The summed E-state index contributed by atoms with van der Waals surface area (Å²) >= 11 is 1.67. The molecule has 3 heterocycles. The third-order valence-electron chi connectivity index (χ3n) is 4.68. The second-order valence-electron chi connectivity index (χ2n) is 6.35. The number of carbonyl (C=O) groups is 2. The maximum Gasteiger partial charge on any atom is 0.332 e. The molecule has 0 bridgehead atoms. The molecule has 1 N–H and O–H groups in total. The molecular formula is C18H23NO4S. The molecule has 1 unspecified atom stereocenters. The molecular weight excluding hydrogens is 326 g/mol. The van der Waals surface area contributed by atoms with Crippen molar-refractivity contribution in [1.82, 2.24) is 4.90 Å². The Bertz CT molecular complexity index is 598. The van der Waals surface area contributed by atoms with E-state index < -0.39 is 18.2 Å². The lowest BCUT2D eigenvalue weighted by Crippen LogP contribution is -2.45. The number of amides is 1. The molecule has 6 heteroatoms. The van der Waals surface area contributed by atoms with Crippen molar-refractivity contribution in [3.63, 3.8) is 0 Å². The highest BCUT2D eigenvalue weighted by atomic mass is 32.1. The Kier molecular flexibility index (Phi) is 5.68. The topological polar surface area (TPSA) is 66.8 Å². The normalized spacial score (nSPS) is 28.2. The zero-order chi connectivity index (χ0) is 16.9. The quantitative estimate of drug-likeness (QED) is 0.907. The lowest BCUT2D eigenvalue weighted by atomic mass is 10.1. The van der Waals surface area contributed by atoms with E-state index in [4.69, 9.17) is 9.84 Å². The second kappa shape index (κ2) is 7.94. The van der Waals surface area contributed by atoms with Crippen molar-refractivity contribution in [3.05, 3.63) is 28.5 Å². The van der Waals surface area contributed by atoms with Crippen LogP contribution in [-0.4, -0.2) is 46.7 Å². The Hall–Kier alpha value is -1.66. The molecule has 2 aliphatic heterocycles. The molecule has 3 atom stereocenters. The Morgan fingerprint density at radius 3 is 2.75 bits per heavy atom. The second-order valence-corrected chi connectivity index (χ2v) is 7.33. The summed E-state index contributed by atoms with van der Waals surface area (Å²) in [6.45, 7) is 0.718. The summed E-state index contributed by atoms with van der Waals surface area (Å²) in [6.07, 6.45) is 7.81. The fourth-order valence-electron chi connectivity index (χ4n) is 3.39. The largest absolute Gasteiger partial charge is 0.479 e. The molecule has 130 valence electrons. The van der Waals surface area contributed by atoms with Gasteiger partial charge in [0.1, 0.15) is 6.10 Å². The number of aliphatic carboxylic acids is 1. The van der Waals surface area contributed by atoms with E-state index in [-0.39, 0.29) is 11.9 Å². The molecule has 2 aliphatic rings. The zero-order valence-corrected chi connectivity index (χ0v) is 14.4. The molecule has 2 fully saturated rings. The summed E-state index contributed by atoms with van der Waals surface area (Å²) in [5.74, 6) is -1.03. The number of hydrogen-bond acceptors (Lipinski definition) is 4. The molecule has 0 aliphatic carbocycles. The van der Waals surface area contributed by atoms with E-state index in [2.05, 4.69) is 18.2 Å². The molecule has 5 nitrogen and oxygen atoms in total. The van der Waals surface area contributed by atoms with Gasteiger partial charge in [0.25, 0.3) is 5.91 Å². The number of thiophene rings is 1. The molecule has 0 aromatic carbocycles. The van der Waals surface area contributed by atoms with Crippen LogP contribution < -0.4 is 0 Å². The van der Waals surface area contributed by atoms with Crippen molar-refractivity contribution in [1.29, 1.82) is 0 Å². The Morgan fingerprint density at radius 2 is 2.04 bits per heavy atom. The summed E-state index contributed by atoms with van der Waals surface area (Å²) in [5.41, 5.74) is 0.